The first-order chi connectivity index (χ1) is 8.70. The van der Waals surface area contributed by atoms with Crippen LogP contribution in [0.5, 0.6) is 0 Å². The average Bonchev–Trinajstić information content (AvgIpc) is 2.11. The summed E-state index contributed by atoms with van der Waals surface area (Å²) in [6.07, 6.45) is 1.24. The van der Waals surface area contributed by atoms with Gasteiger partial charge in [0.25, 0.3) is 0 Å². The van der Waals surface area contributed by atoms with E-state index >= 15 is 0 Å². The minimum Gasteiger partial charge on any atom is -0.481 e. The van der Waals surface area contributed by atoms with Crippen LogP contribution >= 0.6 is 0 Å². The number of rotatable bonds is 9. The van der Waals surface area contributed by atoms with Crippen LogP contribution in [0, 0.1) is 11.8 Å². The van der Waals surface area contributed by atoms with Crippen molar-refractivity contribution in [2.75, 3.05) is 20.6 Å². The third-order valence-corrected chi connectivity index (χ3v) is 2.76. The molecule has 2 N–H and O–H groups in total. The van der Waals surface area contributed by atoms with Crippen molar-refractivity contribution in [3.8, 4) is 0 Å². The molecule has 0 radical (unpaired) electrons. The van der Waals surface area contributed by atoms with Gasteiger partial charge in [-0.05, 0) is 32.4 Å². The Hall–Kier alpha value is -1.10. The molecule has 112 valence electrons. The maximum atomic E-state index is 11.9. The highest BCUT2D eigenvalue weighted by Crippen LogP contribution is 2.09. The van der Waals surface area contributed by atoms with Gasteiger partial charge in [-0.1, -0.05) is 20.8 Å². The van der Waals surface area contributed by atoms with Crippen molar-refractivity contribution in [2.24, 2.45) is 11.8 Å². The Kier molecular flexibility index (Phi) is 8.39. The molecule has 0 bridgehead atoms. The highest BCUT2D eigenvalue weighted by atomic mass is 16.4. The van der Waals surface area contributed by atoms with Crippen molar-refractivity contribution in [1.29, 1.82) is 0 Å². The van der Waals surface area contributed by atoms with E-state index in [4.69, 9.17) is 5.11 Å². The number of nitrogens with one attached hydrogen (secondary N) is 1. The summed E-state index contributed by atoms with van der Waals surface area (Å²) >= 11 is 0. The molecule has 0 aromatic carbocycles. The second kappa shape index (κ2) is 8.91. The Morgan fingerprint density at radius 1 is 1.16 bits per heavy atom. The number of carbonyl (C=O) groups is 2. The zero-order chi connectivity index (χ0) is 15.0. The number of nitrogens with zero attached hydrogens (tertiary/aromatic N) is 1. The van der Waals surface area contributed by atoms with Crippen molar-refractivity contribution in [2.45, 2.75) is 46.1 Å². The lowest BCUT2D eigenvalue weighted by molar-refractivity contribution is -0.138. The molecule has 0 heterocycles. The predicted octanol–water partition coefficient (Wildman–Crippen LogP) is 1.58. The summed E-state index contributed by atoms with van der Waals surface area (Å²) < 4.78 is 0. The highest BCUT2D eigenvalue weighted by molar-refractivity contribution is 5.77. The fourth-order valence-corrected chi connectivity index (χ4v) is 2.16. The molecule has 0 saturated heterocycles. The molecule has 0 spiro atoms. The topological polar surface area (TPSA) is 69.6 Å². The summed E-state index contributed by atoms with van der Waals surface area (Å²) in [5.41, 5.74) is 0. The monoisotopic (exact) mass is 272 g/mol. The maximum Gasteiger partial charge on any atom is 0.303 e. The first kappa shape index (κ1) is 17.9. The zero-order valence-corrected chi connectivity index (χ0v) is 12.8. The number of carboxylic acid groups (broad SMARTS) is 1. The Balaban J connectivity index is 4.25. The molecule has 2 unspecified atom stereocenters. The SMILES string of the molecule is CC(C)CC(CN(C)C)NC(=O)CC(C)CC(=O)O. The smallest absolute Gasteiger partial charge is 0.303 e. The van der Waals surface area contributed by atoms with Crippen molar-refractivity contribution in [3.63, 3.8) is 0 Å². The maximum absolute atomic E-state index is 11.9. The molecule has 0 aliphatic rings. The molecule has 0 saturated carbocycles. The molecule has 5 heteroatoms. The van der Waals surface area contributed by atoms with Crippen LogP contribution in [0.1, 0.15) is 40.0 Å². The van der Waals surface area contributed by atoms with Crippen LogP contribution in [0.4, 0.5) is 0 Å². The highest BCUT2D eigenvalue weighted by Gasteiger charge is 2.17. The van der Waals surface area contributed by atoms with E-state index in [1.807, 2.05) is 19.0 Å². The van der Waals surface area contributed by atoms with E-state index in [2.05, 4.69) is 19.2 Å². The predicted molar refractivity (Wildman–Crippen MR) is 76.0 cm³/mol. The summed E-state index contributed by atoms with van der Waals surface area (Å²) in [6, 6.07) is 0.125. The van der Waals surface area contributed by atoms with Crippen LogP contribution in [0.25, 0.3) is 0 Å². The Labute approximate surface area is 116 Å². The van der Waals surface area contributed by atoms with Gasteiger partial charge in [0.15, 0.2) is 0 Å². The fraction of sp³-hybridized carbons (Fsp3) is 0.857. The molecule has 0 fully saturated rings. The van der Waals surface area contributed by atoms with Crippen molar-refractivity contribution < 1.29 is 14.7 Å². The third kappa shape index (κ3) is 10.5. The largest absolute Gasteiger partial charge is 0.481 e. The normalized spacial score (nSPS) is 14.5. The van der Waals surface area contributed by atoms with Crippen molar-refractivity contribution in [1.82, 2.24) is 10.2 Å². The van der Waals surface area contributed by atoms with Gasteiger partial charge in [-0.3, -0.25) is 9.59 Å². The van der Waals surface area contributed by atoms with Gasteiger partial charge >= 0.3 is 5.97 Å². The number of likely N-dealkylation sites (N-methyl/N-ethyl adjacent to an activating group) is 1. The molecule has 2 atom stereocenters. The van der Waals surface area contributed by atoms with Crippen molar-refractivity contribution in [3.05, 3.63) is 0 Å². The van der Waals surface area contributed by atoms with Gasteiger partial charge in [0, 0.05) is 25.4 Å². The Bertz CT molecular complexity index is 280. The minimum absolute atomic E-state index is 0.0376. The summed E-state index contributed by atoms with van der Waals surface area (Å²) in [5.74, 6) is -0.521. The van der Waals surface area contributed by atoms with E-state index in [-0.39, 0.29) is 30.7 Å². The lowest BCUT2D eigenvalue weighted by Gasteiger charge is -2.24. The number of amides is 1. The van der Waals surface area contributed by atoms with Gasteiger partial charge in [0.2, 0.25) is 5.91 Å². The molecule has 0 aromatic heterocycles. The van der Waals surface area contributed by atoms with Crippen LogP contribution in [0.15, 0.2) is 0 Å². The van der Waals surface area contributed by atoms with Crippen LogP contribution in [0.3, 0.4) is 0 Å². The van der Waals surface area contributed by atoms with Gasteiger partial charge in [0.05, 0.1) is 0 Å². The quantitative estimate of drug-likeness (QED) is 0.668. The van der Waals surface area contributed by atoms with Crippen LogP contribution in [0.2, 0.25) is 0 Å². The summed E-state index contributed by atoms with van der Waals surface area (Å²) in [4.78, 5) is 24.5. The van der Waals surface area contributed by atoms with Gasteiger partial charge < -0.3 is 15.3 Å². The summed E-state index contributed by atoms with van der Waals surface area (Å²) in [7, 11) is 3.96. The molecular weight excluding hydrogens is 244 g/mol. The third-order valence-electron chi connectivity index (χ3n) is 2.76. The zero-order valence-electron chi connectivity index (χ0n) is 12.8. The first-order valence-electron chi connectivity index (χ1n) is 6.86. The molecule has 0 rings (SSSR count). The molecule has 1 amide bonds. The number of hydrogen-bond acceptors (Lipinski definition) is 3. The van der Waals surface area contributed by atoms with Gasteiger partial charge in [-0.2, -0.15) is 0 Å². The van der Waals surface area contributed by atoms with Crippen molar-refractivity contribution >= 4 is 11.9 Å². The van der Waals surface area contributed by atoms with Crippen LogP contribution in [-0.2, 0) is 9.59 Å². The molecule has 5 nitrogen and oxygen atoms in total. The molecular formula is C14H28N2O3. The second-order valence-corrected chi connectivity index (χ2v) is 6.06. The Morgan fingerprint density at radius 2 is 1.74 bits per heavy atom. The van der Waals surface area contributed by atoms with E-state index in [0.717, 1.165) is 13.0 Å². The van der Waals surface area contributed by atoms with E-state index < -0.39 is 5.97 Å². The van der Waals surface area contributed by atoms with Crippen LogP contribution in [-0.4, -0.2) is 48.6 Å². The van der Waals surface area contributed by atoms with E-state index in [9.17, 15) is 9.59 Å². The van der Waals surface area contributed by atoms with Gasteiger partial charge in [-0.15, -0.1) is 0 Å². The standard InChI is InChI=1S/C14H28N2O3/c1-10(2)6-12(9-16(4)5)15-13(17)7-11(3)8-14(18)19/h10-12H,6-9H2,1-5H3,(H,15,17)(H,18,19). The van der Waals surface area contributed by atoms with E-state index in [1.165, 1.54) is 0 Å². The molecule has 0 aliphatic carbocycles. The summed E-state index contributed by atoms with van der Waals surface area (Å²) in [5, 5.41) is 11.7. The Morgan fingerprint density at radius 3 is 2.16 bits per heavy atom. The van der Waals surface area contributed by atoms with E-state index in [0.29, 0.717) is 5.92 Å². The second-order valence-electron chi connectivity index (χ2n) is 6.06. The molecule has 0 aliphatic heterocycles. The number of hydrogen-bond donors (Lipinski definition) is 2. The lowest BCUT2D eigenvalue weighted by atomic mass is 10.0. The number of carbonyl (C=O) groups excluding carboxylic acids is 1. The number of carboxylic acids is 1. The fourth-order valence-electron chi connectivity index (χ4n) is 2.16. The summed E-state index contributed by atoms with van der Waals surface area (Å²) in [6.45, 7) is 6.85. The minimum atomic E-state index is -0.854. The van der Waals surface area contributed by atoms with E-state index in [1.54, 1.807) is 6.92 Å². The van der Waals surface area contributed by atoms with Gasteiger partial charge in [-0.25, -0.2) is 0 Å². The molecule has 0 aromatic rings. The van der Waals surface area contributed by atoms with Gasteiger partial charge in [0.1, 0.15) is 0 Å². The lowest BCUT2D eigenvalue weighted by Crippen LogP contribution is -2.43. The first-order valence-corrected chi connectivity index (χ1v) is 6.86. The van der Waals surface area contributed by atoms with Crippen LogP contribution < -0.4 is 5.32 Å². The number of aliphatic carboxylic acids is 1. The average molecular weight is 272 g/mol. The molecule has 19 heavy (non-hydrogen) atoms.